The molecule has 0 aliphatic carbocycles. The number of benzene rings is 1. The van der Waals surface area contributed by atoms with Crippen LogP contribution in [0, 0.1) is 0 Å². The van der Waals surface area contributed by atoms with Crippen molar-refractivity contribution in [3.05, 3.63) is 29.8 Å². The summed E-state index contributed by atoms with van der Waals surface area (Å²) in [5, 5.41) is 0. The van der Waals surface area contributed by atoms with E-state index in [9.17, 15) is 8.78 Å². The first-order valence-electron chi connectivity index (χ1n) is 5.83. The molecule has 1 heterocycles. The molecule has 0 unspecified atom stereocenters. The second-order valence-corrected chi connectivity index (χ2v) is 4.33. The lowest BCUT2D eigenvalue weighted by atomic mass is 10.0. The van der Waals surface area contributed by atoms with Gasteiger partial charge in [-0.3, -0.25) is 0 Å². The molecule has 16 heavy (non-hydrogen) atoms. The fourth-order valence-corrected chi connectivity index (χ4v) is 2.19. The Kier molecular flexibility index (Phi) is 3.13. The van der Waals surface area contributed by atoms with Crippen LogP contribution in [0.25, 0.3) is 0 Å². The number of piperidine rings is 1. The molecule has 0 N–H and O–H groups in total. The van der Waals surface area contributed by atoms with Gasteiger partial charge in [0.15, 0.2) is 0 Å². The topological polar surface area (TPSA) is 3.24 Å². The van der Waals surface area contributed by atoms with Gasteiger partial charge in [-0.05, 0) is 18.1 Å². The maximum absolute atomic E-state index is 13.0. The van der Waals surface area contributed by atoms with Gasteiger partial charge in [-0.25, -0.2) is 8.78 Å². The van der Waals surface area contributed by atoms with Crippen LogP contribution in [0.15, 0.2) is 24.3 Å². The number of para-hydroxylation sites is 1. The standard InChI is InChI=1S/C13H17F2N/c1-2-11-5-3-4-6-12(11)16-9-7-13(14,15)8-10-16/h3-6H,2,7-10H2,1H3. The van der Waals surface area contributed by atoms with Crippen molar-refractivity contribution in [3.63, 3.8) is 0 Å². The van der Waals surface area contributed by atoms with Crippen LogP contribution < -0.4 is 4.90 Å². The number of aryl methyl sites for hydroxylation is 1. The van der Waals surface area contributed by atoms with Crippen LogP contribution >= 0.6 is 0 Å². The molecule has 88 valence electrons. The highest BCUT2D eigenvalue weighted by Crippen LogP contribution is 2.31. The predicted octanol–water partition coefficient (Wildman–Crippen LogP) is 3.48. The molecule has 2 rings (SSSR count). The monoisotopic (exact) mass is 225 g/mol. The Morgan fingerprint density at radius 1 is 1.19 bits per heavy atom. The van der Waals surface area contributed by atoms with Crippen LogP contribution in [0.1, 0.15) is 25.3 Å². The maximum Gasteiger partial charge on any atom is 0.251 e. The van der Waals surface area contributed by atoms with E-state index in [1.165, 1.54) is 5.56 Å². The Hall–Kier alpha value is -1.12. The van der Waals surface area contributed by atoms with E-state index >= 15 is 0 Å². The molecule has 1 aromatic rings. The summed E-state index contributed by atoms with van der Waals surface area (Å²) in [7, 11) is 0. The lowest BCUT2D eigenvalue weighted by Crippen LogP contribution is -2.39. The third-order valence-electron chi connectivity index (χ3n) is 3.21. The zero-order valence-corrected chi connectivity index (χ0v) is 9.55. The van der Waals surface area contributed by atoms with Gasteiger partial charge >= 0.3 is 0 Å². The third-order valence-corrected chi connectivity index (χ3v) is 3.21. The van der Waals surface area contributed by atoms with Crippen molar-refractivity contribution in [1.82, 2.24) is 0 Å². The molecule has 3 heteroatoms. The largest absolute Gasteiger partial charge is 0.371 e. The van der Waals surface area contributed by atoms with Crippen molar-refractivity contribution in [2.75, 3.05) is 18.0 Å². The van der Waals surface area contributed by atoms with Crippen molar-refractivity contribution in [3.8, 4) is 0 Å². The van der Waals surface area contributed by atoms with Crippen molar-refractivity contribution in [2.45, 2.75) is 32.1 Å². The SMILES string of the molecule is CCc1ccccc1N1CCC(F)(F)CC1. The molecule has 0 saturated carbocycles. The van der Waals surface area contributed by atoms with Crippen LogP contribution in [0.5, 0.6) is 0 Å². The molecule has 0 spiro atoms. The minimum absolute atomic E-state index is 0.0228. The summed E-state index contributed by atoms with van der Waals surface area (Å²) in [6, 6.07) is 8.08. The molecule has 1 saturated heterocycles. The molecule has 1 fully saturated rings. The Morgan fingerprint density at radius 3 is 2.44 bits per heavy atom. The van der Waals surface area contributed by atoms with E-state index in [-0.39, 0.29) is 12.8 Å². The Morgan fingerprint density at radius 2 is 1.81 bits per heavy atom. The minimum Gasteiger partial charge on any atom is -0.371 e. The molecule has 1 aliphatic heterocycles. The van der Waals surface area contributed by atoms with E-state index in [1.807, 2.05) is 18.2 Å². The normalized spacial score (nSPS) is 19.8. The maximum atomic E-state index is 13.0. The number of nitrogens with zero attached hydrogens (tertiary/aromatic N) is 1. The molecule has 0 bridgehead atoms. The van der Waals surface area contributed by atoms with Crippen molar-refractivity contribution in [1.29, 1.82) is 0 Å². The second kappa shape index (κ2) is 4.40. The summed E-state index contributed by atoms with van der Waals surface area (Å²) >= 11 is 0. The van der Waals surface area contributed by atoms with E-state index < -0.39 is 5.92 Å². The summed E-state index contributed by atoms with van der Waals surface area (Å²) in [5.74, 6) is -2.46. The Labute approximate surface area is 95.1 Å². The molecule has 0 amide bonds. The molecular formula is C13H17F2N. The van der Waals surface area contributed by atoms with Crippen LogP contribution in [0.4, 0.5) is 14.5 Å². The van der Waals surface area contributed by atoms with Crippen LogP contribution in [0.2, 0.25) is 0 Å². The molecule has 1 aliphatic rings. The molecule has 1 nitrogen and oxygen atoms in total. The summed E-state index contributed by atoms with van der Waals surface area (Å²) in [4.78, 5) is 2.08. The average molecular weight is 225 g/mol. The van der Waals surface area contributed by atoms with E-state index in [0.29, 0.717) is 13.1 Å². The van der Waals surface area contributed by atoms with Gasteiger partial charge in [-0.1, -0.05) is 25.1 Å². The van der Waals surface area contributed by atoms with Gasteiger partial charge in [0.1, 0.15) is 0 Å². The number of hydrogen-bond acceptors (Lipinski definition) is 1. The Balaban J connectivity index is 2.14. The van der Waals surface area contributed by atoms with E-state index in [0.717, 1.165) is 12.1 Å². The van der Waals surface area contributed by atoms with Gasteiger partial charge < -0.3 is 4.90 Å². The van der Waals surface area contributed by atoms with Crippen molar-refractivity contribution in [2.24, 2.45) is 0 Å². The summed E-state index contributed by atoms with van der Waals surface area (Å²) in [5.41, 5.74) is 2.37. The smallest absolute Gasteiger partial charge is 0.251 e. The zero-order valence-electron chi connectivity index (χ0n) is 9.55. The van der Waals surface area contributed by atoms with Gasteiger partial charge in [0.05, 0.1) is 0 Å². The van der Waals surface area contributed by atoms with E-state index in [4.69, 9.17) is 0 Å². The average Bonchev–Trinajstić information content (AvgIpc) is 2.29. The molecule has 0 atom stereocenters. The van der Waals surface area contributed by atoms with Crippen LogP contribution in [-0.4, -0.2) is 19.0 Å². The lowest BCUT2D eigenvalue weighted by molar-refractivity contribution is -0.0220. The van der Waals surface area contributed by atoms with E-state index in [2.05, 4.69) is 17.9 Å². The molecular weight excluding hydrogens is 208 g/mol. The first kappa shape index (κ1) is 11.4. The number of anilines is 1. The van der Waals surface area contributed by atoms with Crippen molar-refractivity contribution >= 4 is 5.69 Å². The van der Waals surface area contributed by atoms with Gasteiger partial charge in [-0.15, -0.1) is 0 Å². The Bertz CT molecular complexity index is 353. The third kappa shape index (κ3) is 2.34. The molecule has 0 radical (unpaired) electrons. The number of hydrogen-bond donors (Lipinski definition) is 0. The molecule has 0 aromatic heterocycles. The fourth-order valence-electron chi connectivity index (χ4n) is 2.19. The molecule has 1 aromatic carbocycles. The number of alkyl halides is 2. The highest BCUT2D eigenvalue weighted by Gasteiger charge is 2.34. The highest BCUT2D eigenvalue weighted by atomic mass is 19.3. The summed E-state index contributed by atoms with van der Waals surface area (Å²) in [6.07, 6.45) is 0.902. The van der Waals surface area contributed by atoms with Gasteiger partial charge in [0, 0.05) is 31.6 Å². The zero-order chi connectivity index (χ0) is 11.6. The quantitative estimate of drug-likeness (QED) is 0.744. The predicted molar refractivity (Wildman–Crippen MR) is 62.2 cm³/mol. The fraction of sp³-hybridized carbons (Fsp3) is 0.538. The summed E-state index contributed by atoms with van der Waals surface area (Å²) < 4.78 is 26.1. The summed E-state index contributed by atoms with van der Waals surface area (Å²) in [6.45, 7) is 3.02. The minimum atomic E-state index is -2.46. The lowest BCUT2D eigenvalue weighted by Gasteiger charge is -2.34. The first-order valence-corrected chi connectivity index (χ1v) is 5.83. The number of halogens is 2. The first-order chi connectivity index (χ1) is 7.62. The van der Waals surface area contributed by atoms with Gasteiger partial charge in [0.25, 0.3) is 5.92 Å². The highest BCUT2D eigenvalue weighted by molar-refractivity contribution is 5.54. The van der Waals surface area contributed by atoms with Gasteiger partial charge in [-0.2, -0.15) is 0 Å². The van der Waals surface area contributed by atoms with E-state index in [1.54, 1.807) is 0 Å². The number of rotatable bonds is 2. The van der Waals surface area contributed by atoms with Gasteiger partial charge in [0.2, 0.25) is 0 Å². The van der Waals surface area contributed by atoms with Crippen LogP contribution in [-0.2, 0) is 6.42 Å². The second-order valence-electron chi connectivity index (χ2n) is 4.33. The van der Waals surface area contributed by atoms with Crippen molar-refractivity contribution < 1.29 is 8.78 Å². The van der Waals surface area contributed by atoms with Crippen LogP contribution in [0.3, 0.4) is 0 Å².